The molecule has 3 rings (SSSR count). The van der Waals surface area contributed by atoms with Crippen LogP contribution in [0.25, 0.3) is 0 Å². The quantitative estimate of drug-likeness (QED) is 0.340. The number of primary amides is 1. The Bertz CT molecular complexity index is 885. The molecule has 0 spiro atoms. The monoisotopic (exact) mass is 497 g/mol. The van der Waals surface area contributed by atoms with Gasteiger partial charge in [-0.05, 0) is 35.5 Å². The normalized spacial score (nSPS) is 29.0. The number of piperidine rings is 1. The Morgan fingerprint density at radius 3 is 2.38 bits per heavy atom. The number of alkyl halides is 1. The first-order valence-electron chi connectivity index (χ1n) is 11.7. The summed E-state index contributed by atoms with van der Waals surface area (Å²) in [5.41, 5.74) is 4.80. The van der Waals surface area contributed by atoms with Gasteiger partial charge in [-0.1, -0.05) is 34.6 Å². The average molecular weight is 498 g/mol. The van der Waals surface area contributed by atoms with Crippen molar-refractivity contribution in [3.63, 3.8) is 0 Å². The van der Waals surface area contributed by atoms with Gasteiger partial charge in [-0.2, -0.15) is 0 Å². The predicted molar refractivity (Wildman–Crippen MR) is 125 cm³/mol. The summed E-state index contributed by atoms with van der Waals surface area (Å²) in [4.78, 5) is 64.7. The molecular formula is C23H36ClN5O5. The Hall–Kier alpha value is -2.36. The molecule has 5 N–H and O–H groups in total. The van der Waals surface area contributed by atoms with Gasteiger partial charge in [0.1, 0.15) is 24.0 Å². The third-order valence-corrected chi connectivity index (χ3v) is 7.89. The molecular weight excluding hydrogens is 462 g/mol. The molecule has 11 heteroatoms. The molecule has 3 fully saturated rings. The maximum Gasteiger partial charge on any atom is 0.246 e. The molecule has 1 aliphatic carbocycles. The molecule has 0 aromatic rings. The standard InChI is InChI=1S/C23H36ClN5O5/c1-22(2,3)17(28-14(30)9-24)21(34)29-10-12-15(23(12,4)5)16(29)20(33)27-13(18(25)31)8-11-6-7-26-19(11)32/h11-13,15-17H,6-10H2,1-5H3,(H2,25,31)(H,26,32)(H,27,33)(H,28,30)/t11-,12-,13-,15-,16-,17+/m0/s1. The Morgan fingerprint density at radius 1 is 1.24 bits per heavy atom. The van der Waals surface area contributed by atoms with E-state index in [9.17, 15) is 24.0 Å². The molecule has 2 heterocycles. The molecule has 0 aromatic heterocycles. The Balaban J connectivity index is 1.82. The lowest BCUT2D eigenvalue weighted by molar-refractivity contribution is -0.145. The maximum atomic E-state index is 13.6. The molecule has 5 amide bonds. The Morgan fingerprint density at radius 2 is 1.88 bits per heavy atom. The number of rotatable bonds is 8. The van der Waals surface area contributed by atoms with Crippen molar-refractivity contribution in [3.05, 3.63) is 0 Å². The second-order valence-electron chi connectivity index (χ2n) is 11.4. The topological polar surface area (TPSA) is 151 Å². The molecule has 0 bridgehead atoms. The van der Waals surface area contributed by atoms with Crippen LogP contribution in [-0.4, -0.2) is 71.5 Å². The van der Waals surface area contributed by atoms with Gasteiger partial charge in [0.25, 0.3) is 0 Å². The zero-order valence-electron chi connectivity index (χ0n) is 20.4. The van der Waals surface area contributed by atoms with E-state index in [0.717, 1.165) is 0 Å². The number of nitrogens with one attached hydrogen (secondary N) is 3. The van der Waals surface area contributed by atoms with Gasteiger partial charge in [0, 0.05) is 19.0 Å². The van der Waals surface area contributed by atoms with Gasteiger partial charge < -0.3 is 26.6 Å². The molecule has 0 aromatic carbocycles. The van der Waals surface area contributed by atoms with Gasteiger partial charge in [-0.15, -0.1) is 11.6 Å². The molecule has 190 valence electrons. The number of hydrogen-bond donors (Lipinski definition) is 4. The summed E-state index contributed by atoms with van der Waals surface area (Å²) in [7, 11) is 0. The highest BCUT2D eigenvalue weighted by Crippen LogP contribution is 2.65. The van der Waals surface area contributed by atoms with E-state index in [1.807, 2.05) is 20.8 Å². The van der Waals surface area contributed by atoms with Crippen molar-refractivity contribution < 1.29 is 24.0 Å². The number of likely N-dealkylation sites (tertiary alicyclic amines) is 1. The van der Waals surface area contributed by atoms with E-state index >= 15 is 0 Å². The van der Waals surface area contributed by atoms with Crippen LogP contribution in [0.5, 0.6) is 0 Å². The Labute approximate surface area is 205 Å². The van der Waals surface area contributed by atoms with Crippen LogP contribution in [0.15, 0.2) is 0 Å². The van der Waals surface area contributed by atoms with Crippen LogP contribution in [0, 0.1) is 28.6 Å². The van der Waals surface area contributed by atoms with Crippen LogP contribution < -0.4 is 21.7 Å². The largest absolute Gasteiger partial charge is 0.368 e. The number of halogens is 1. The lowest BCUT2D eigenvalue weighted by Crippen LogP contribution is -2.60. The number of amides is 5. The lowest BCUT2D eigenvalue weighted by atomic mass is 9.85. The highest BCUT2D eigenvalue weighted by atomic mass is 35.5. The third-order valence-electron chi connectivity index (χ3n) is 7.64. The number of nitrogens with zero attached hydrogens (tertiary/aromatic N) is 1. The highest BCUT2D eigenvalue weighted by Gasteiger charge is 2.69. The predicted octanol–water partition coefficient (Wildman–Crippen LogP) is -0.265. The van der Waals surface area contributed by atoms with Crippen LogP contribution in [0.3, 0.4) is 0 Å². The molecule has 3 aliphatic rings. The number of carbonyl (C=O) groups is 5. The summed E-state index contributed by atoms with van der Waals surface area (Å²) in [6.45, 7) is 10.5. The molecule has 10 nitrogen and oxygen atoms in total. The van der Waals surface area contributed by atoms with E-state index in [1.165, 1.54) is 4.90 Å². The summed E-state index contributed by atoms with van der Waals surface area (Å²) in [6, 6.07) is -2.69. The minimum absolute atomic E-state index is 0.0795. The van der Waals surface area contributed by atoms with Gasteiger partial charge in [0.2, 0.25) is 29.5 Å². The molecule has 6 atom stereocenters. The fraction of sp³-hybridized carbons (Fsp3) is 0.783. The van der Waals surface area contributed by atoms with Crippen molar-refractivity contribution in [1.82, 2.24) is 20.9 Å². The second kappa shape index (κ2) is 9.36. The van der Waals surface area contributed by atoms with Crippen molar-refractivity contribution >= 4 is 41.1 Å². The minimum Gasteiger partial charge on any atom is -0.368 e. The average Bonchev–Trinajstić information content (AvgIpc) is 3.10. The first kappa shape index (κ1) is 26.2. The maximum absolute atomic E-state index is 13.6. The summed E-state index contributed by atoms with van der Waals surface area (Å²) < 4.78 is 0. The summed E-state index contributed by atoms with van der Waals surface area (Å²) in [6.07, 6.45) is 0.680. The smallest absolute Gasteiger partial charge is 0.246 e. The number of nitrogens with two attached hydrogens (primary N) is 1. The number of hydrogen-bond acceptors (Lipinski definition) is 5. The third kappa shape index (κ3) is 5.01. The minimum atomic E-state index is -1.02. The first-order valence-corrected chi connectivity index (χ1v) is 12.3. The van der Waals surface area contributed by atoms with E-state index in [0.29, 0.717) is 19.5 Å². The van der Waals surface area contributed by atoms with E-state index in [2.05, 4.69) is 29.8 Å². The van der Waals surface area contributed by atoms with Crippen molar-refractivity contribution in [3.8, 4) is 0 Å². The fourth-order valence-corrected chi connectivity index (χ4v) is 5.56. The summed E-state index contributed by atoms with van der Waals surface area (Å²) >= 11 is 5.65. The number of carbonyl (C=O) groups excluding carboxylic acids is 5. The lowest BCUT2D eigenvalue weighted by Gasteiger charge is -2.37. The van der Waals surface area contributed by atoms with Gasteiger partial charge in [-0.25, -0.2) is 0 Å². The van der Waals surface area contributed by atoms with E-state index in [4.69, 9.17) is 17.3 Å². The van der Waals surface area contributed by atoms with Crippen LogP contribution in [0.1, 0.15) is 47.5 Å². The first-order chi connectivity index (χ1) is 15.7. The van der Waals surface area contributed by atoms with Crippen LogP contribution >= 0.6 is 11.6 Å². The zero-order valence-corrected chi connectivity index (χ0v) is 21.2. The van der Waals surface area contributed by atoms with Crippen molar-refractivity contribution in [2.75, 3.05) is 19.0 Å². The van der Waals surface area contributed by atoms with E-state index in [-0.39, 0.29) is 41.4 Å². The van der Waals surface area contributed by atoms with Gasteiger partial charge in [-0.3, -0.25) is 24.0 Å². The Kier molecular flexibility index (Phi) is 7.22. The second-order valence-corrected chi connectivity index (χ2v) is 11.6. The summed E-state index contributed by atoms with van der Waals surface area (Å²) in [5, 5.41) is 8.13. The zero-order chi connectivity index (χ0) is 25.6. The van der Waals surface area contributed by atoms with E-state index in [1.54, 1.807) is 0 Å². The van der Waals surface area contributed by atoms with E-state index < -0.39 is 47.2 Å². The number of fused-ring (bicyclic) bond motifs is 1. The molecule has 2 saturated heterocycles. The van der Waals surface area contributed by atoms with Gasteiger partial charge >= 0.3 is 0 Å². The fourth-order valence-electron chi connectivity index (χ4n) is 5.49. The van der Waals surface area contributed by atoms with Gasteiger partial charge in [0.05, 0.1) is 0 Å². The van der Waals surface area contributed by atoms with Gasteiger partial charge in [0.15, 0.2) is 0 Å². The van der Waals surface area contributed by atoms with Crippen molar-refractivity contribution in [2.45, 2.75) is 65.6 Å². The van der Waals surface area contributed by atoms with Crippen molar-refractivity contribution in [2.24, 2.45) is 34.3 Å². The van der Waals surface area contributed by atoms with Crippen LogP contribution in [0.2, 0.25) is 0 Å². The summed E-state index contributed by atoms with van der Waals surface area (Å²) in [5.74, 6) is -2.82. The molecule has 2 aliphatic heterocycles. The molecule has 0 radical (unpaired) electrons. The van der Waals surface area contributed by atoms with Crippen molar-refractivity contribution in [1.29, 1.82) is 0 Å². The highest BCUT2D eigenvalue weighted by molar-refractivity contribution is 6.27. The molecule has 34 heavy (non-hydrogen) atoms. The molecule has 0 unspecified atom stereocenters. The molecule has 1 saturated carbocycles. The van der Waals surface area contributed by atoms with Crippen LogP contribution in [-0.2, 0) is 24.0 Å². The van der Waals surface area contributed by atoms with Crippen LogP contribution in [0.4, 0.5) is 0 Å². The SMILES string of the molecule is CC(C)(C)[C@H](NC(=O)CCl)C(=O)N1C[C@H]2[C@@H]([C@H]1C(=O)N[C@@H](C[C@@H]1CCNC1=O)C(N)=O)C2(C)C.